The molecule has 0 N–H and O–H groups in total. The van der Waals surface area contributed by atoms with Crippen LogP contribution >= 0.6 is 0 Å². The van der Waals surface area contributed by atoms with Gasteiger partial charge in [0.2, 0.25) is 0 Å². The Morgan fingerprint density at radius 1 is 0.625 bits per heavy atom. The van der Waals surface area contributed by atoms with Crippen molar-refractivity contribution in [3.05, 3.63) is 118 Å². The van der Waals surface area contributed by atoms with E-state index in [1.165, 1.54) is 54.9 Å². The SMILES string of the molecule is CC1=[C-]c2ccc3ccccc3c2C1.CC1=[C-]c2ccc3ccccc3c2C1.C[Si](C)=[Zr+2]. The van der Waals surface area contributed by atoms with Crippen molar-refractivity contribution in [2.24, 2.45) is 0 Å². The van der Waals surface area contributed by atoms with Gasteiger partial charge < -0.3 is 0 Å². The summed E-state index contributed by atoms with van der Waals surface area (Å²) in [5.74, 6) is 0. The van der Waals surface area contributed by atoms with Gasteiger partial charge in [0, 0.05) is 0 Å². The number of hydrogen-bond acceptors (Lipinski definition) is 0. The summed E-state index contributed by atoms with van der Waals surface area (Å²) in [6.45, 7) is 8.91. The summed E-state index contributed by atoms with van der Waals surface area (Å²) >= 11 is 1.74. The van der Waals surface area contributed by atoms with E-state index >= 15 is 0 Å². The van der Waals surface area contributed by atoms with Crippen molar-refractivity contribution >= 4 is 27.0 Å². The van der Waals surface area contributed by atoms with Crippen molar-refractivity contribution in [1.29, 1.82) is 0 Å². The molecule has 0 radical (unpaired) electrons. The molecule has 2 heteroatoms. The van der Waals surface area contributed by atoms with Crippen LogP contribution in [-0.4, -0.2) is 5.43 Å². The number of hydrogen-bond donors (Lipinski definition) is 0. The Labute approximate surface area is 207 Å². The van der Waals surface area contributed by atoms with E-state index in [2.05, 4.69) is 112 Å². The zero-order valence-corrected chi connectivity index (χ0v) is 22.8. The van der Waals surface area contributed by atoms with Gasteiger partial charge in [-0.15, -0.1) is 34.4 Å². The molecule has 2 aliphatic rings. The predicted molar refractivity (Wildman–Crippen MR) is 136 cm³/mol. The summed E-state index contributed by atoms with van der Waals surface area (Å²) in [6, 6.07) is 25.9. The molecule has 0 unspecified atom stereocenters. The van der Waals surface area contributed by atoms with Crippen molar-refractivity contribution in [3.8, 4) is 0 Å². The Bertz CT molecular complexity index is 1270. The number of rotatable bonds is 0. The van der Waals surface area contributed by atoms with Gasteiger partial charge >= 0.3 is 41.9 Å². The van der Waals surface area contributed by atoms with Crippen LogP contribution in [0.1, 0.15) is 36.1 Å². The average molecular weight is 508 g/mol. The summed E-state index contributed by atoms with van der Waals surface area (Å²) in [4.78, 5) is 0. The van der Waals surface area contributed by atoms with E-state index in [1.807, 2.05) is 0 Å². The van der Waals surface area contributed by atoms with Gasteiger partial charge in [0.1, 0.15) is 0 Å². The molecule has 0 nitrogen and oxygen atoms in total. The second kappa shape index (κ2) is 10.3. The standard InChI is InChI=1S/2C14H11.C2H6Si.Zr/c2*1-10-8-12-7-6-11-4-2-3-5-13(11)14(12)9-10;1-3-2;/h2*2-7H,9H2,1H3;1-2H3;/q2*-1;;+2. The molecular weight excluding hydrogens is 480 g/mol. The molecule has 0 saturated carbocycles. The molecule has 4 aromatic carbocycles. The monoisotopic (exact) mass is 506 g/mol. The Balaban J connectivity index is 0.000000132. The summed E-state index contributed by atoms with van der Waals surface area (Å²) < 4.78 is 0. The first-order valence-corrected chi connectivity index (χ1v) is 17.3. The van der Waals surface area contributed by atoms with Crippen molar-refractivity contribution < 1.29 is 23.3 Å². The van der Waals surface area contributed by atoms with Crippen LogP contribution in [0.5, 0.6) is 0 Å². The van der Waals surface area contributed by atoms with Crippen LogP contribution < -0.4 is 0 Å². The van der Waals surface area contributed by atoms with Crippen LogP contribution in [0.25, 0.3) is 21.5 Å². The van der Waals surface area contributed by atoms with Gasteiger partial charge in [0.15, 0.2) is 0 Å². The Morgan fingerprint density at radius 2 is 1.00 bits per heavy atom. The van der Waals surface area contributed by atoms with Gasteiger partial charge in [0.25, 0.3) is 0 Å². The van der Waals surface area contributed by atoms with Gasteiger partial charge in [-0.25, -0.2) is 0 Å². The van der Waals surface area contributed by atoms with E-state index in [-0.39, 0.29) is 5.43 Å². The first-order valence-electron chi connectivity index (χ1n) is 11.1. The Morgan fingerprint density at radius 3 is 1.41 bits per heavy atom. The molecule has 156 valence electrons. The molecule has 0 bridgehead atoms. The molecule has 0 aliphatic heterocycles. The average Bonchev–Trinajstić information content (AvgIpc) is 3.35. The molecule has 4 aromatic rings. The molecule has 0 amide bonds. The van der Waals surface area contributed by atoms with Gasteiger partial charge in [-0.05, 0) is 10.8 Å². The minimum atomic E-state index is 0.210. The predicted octanol–water partition coefficient (Wildman–Crippen LogP) is 7.77. The zero-order chi connectivity index (χ0) is 22.7. The molecule has 0 atom stereocenters. The fraction of sp³-hybridized carbons (Fsp3) is 0.200. The van der Waals surface area contributed by atoms with Crippen LogP contribution in [0.3, 0.4) is 0 Å². The molecule has 0 aromatic heterocycles. The maximum absolute atomic E-state index is 3.41. The third-order valence-corrected chi connectivity index (χ3v) is 5.66. The van der Waals surface area contributed by atoms with Crippen LogP contribution in [-0.2, 0) is 36.2 Å². The van der Waals surface area contributed by atoms with Crippen molar-refractivity contribution in [1.82, 2.24) is 0 Å². The van der Waals surface area contributed by atoms with E-state index < -0.39 is 0 Å². The van der Waals surface area contributed by atoms with Gasteiger partial charge in [-0.2, -0.15) is 35.4 Å². The van der Waals surface area contributed by atoms with Gasteiger partial charge in [0.05, 0.1) is 0 Å². The van der Waals surface area contributed by atoms with Crippen LogP contribution in [0.4, 0.5) is 0 Å². The molecular formula is C30H28SiZr. The second-order valence-corrected chi connectivity index (χ2v) is 18.2. The third-order valence-electron chi connectivity index (χ3n) is 5.66. The Kier molecular flexibility index (Phi) is 7.44. The third kappa shape index (κ3) is 5.30. The second-order valence-electron chi connectivity index (χ2n) is 8.79. The van der Waals surface area contributed by atoms with Crippen molar-refractivity contribution in [2.75, 3.05) is 0 Å². The first kappa shape index (κ1) is 23.1. The van der Waals surface area contributed by atoms with E-state index in [9.17, 15) is 0 Å². The van der Waals surface area contributed by atoms with Crippen molar-refractivity contribution in [2.45, 2.75) is 39.8 Å². The molecule has 0 saturated heterocycles. The van der Waals surface area contributed by atoms with Gasteiger partial charge in [-0.1, -0.05) is 86.0 Å². The molecule has 0 fully saturated rings. The summed E-state index contributed by atoms with van der Waals surface area (Å²) in [6.07, 6.45) is 8.94. The minimum absolute atomic E-state index is 0.210. The topological polar surface area (TPSA) is 0 Å². The number of benzene rings is 4. The van der Waals surface area contributed by atoms with Crippen molar-refractivity contribution in [3.63, 3.8) is 0 Å². The number of fused-ring (bicyclic) bond motifs is 6. The quantitative estimate of drug-likeness (QED) is 0.168. The summed E-state index contributed by atoms with van der Waals surface area (Å²) in [7, 11) is 0. The number of allylic oxidation sites excluding steroid dienone is 2. The molecule has 0 heterocycles. The summed E-state index contributed by atoms with van der Waals surface area (Å²) in [5, 5.41) is 5.44. The molecule has 2 aliphatic carbocycles. The van der Waals surface area contributed by atoms with Crippen LogP contribution in [0, 0.1) is 12.2 Å². The van der Waals surface area contributed by atoms with Crippen LogP contribution in [0.15, 0.2) is 83.9 Å². The fourth-order valence-corrected chi connectivity index (χ4v) is 4.37. The molecule has 32 heavy (non-hydrogen) atoms. The van der Waals surface area contributed by atoms with E-state index in [0.717, 1.165) is 12.8 Å². The first-order chi connectivity index (χ1) is 15.4. The fourth-order valence-electron chi connectivity index (χ4n) is 4.37. The normalized spacial score (nSPS) is 13.3. The summed E-state index contributed by atoms with van der Waals surface area (Å²) in [5.41, 5.74) is 8.35. The molecule has 0 spiro atoms. The zero-order valence-electron chi connectivity index (χ0n) is 19.3. The van der Waals surface area contributed by atoms with E-state index in [1.54, 1.807) is 23.3 Å². The van der Waals surface area contributed by atoms with E-state index in [4.69, 9.17) is 0 Å². The van der Waals surface area contributed by atoms with E-state index in [0.29, 0.717) is 0 Å². The maximum atomic E-state index is 3.41. The molecule has 6 rings (SSSR count). The Hall–Kier alpha value is -2.02. The van der Waals surface area contributed by atoms with Crippen LogP contribution in [0.2, 0.25) is 13.1 Å². The van der Waals surface area contributed by atoms with Gasteiger partial charge in [-0.3, -0.25) is 0 Å².